The molecule has 0 aliphatic heterocycles. The van der Waals surface area contributed by atoms with E-state index in [1.807, 2.05) is 6.07 Å². The average molecular weight is 206 g/mol. The minimum absolute atomic E-state index is 0.196. The fourth-order valence-electron chi connectivity index (χ4n) is 2.24. The molecule has 0 saturated carbocycles. The smallest absolute Gasteiger partial charge is 0.102 e. The highest BCUT2D eigenvalue weighted by molar-refractivity contribution is 5.34. The lowest BCUT2D eigenvalue weighted by atomic mass is 9.98. The highest BCUT2D eigenvalue weighted by atomic mass is 16.3. The molecule has 2 nitrogen and oxygen atoms in total. The van der Waals surface area contributed by atoms with Crippen LogP contribution in [0.25, 0.3) is 0 Å². The first kappa shape index (κ1) is 10.7. The van der Waals surface area contributed by atoms with Crippen molar-refractivity contribution in [1.29, 1.82) is 0 Å². The predicted molar refractivity (Wildman–Crippen MR) is 59.7 cm³/mol. The first-order valence-corrected chi connectivity index (χ1v) is 5.72. The van der Waals surface area contributed by atoms with Gasteiger partial charge in [0.2, 0.25) is 0 Å². The molecule has 1 atom stereocenters. The number of fused-ring (bicyclic) bond motifs is 1. The number of hydrogen-bond acceptors (Lipinski definition) is 2. The van der Waals surface area contributed by atoms with E-state index in [2.05, 4.69) is 12.1 Å². The molecule has 2 N–H and O–H groups in total. The van der Waals surface area contributed by atoms with Crippen molar-refractivity contribution in [2.45, 2.75) is 38.2 Å². The van der Waals surface area contributed by atoms with Gasteiger partial charge in [0, 0.05) is 0 Å². The van der Waals surface area contributed by atoms with Gasteiger partial charge >= 0.3 is 0 Å². The van der Waals surface area contributed by atoms with Gasteiger partial charge in [-0.05, 0) is 42.4 Å². The van der Waals surface area contributed by atoms with Crippen molar-refractivity contribution in [3.8, 4) is 0 Å². The monoisotopic (exact) mass is 206 g/mol. The fraction of sp³-hybridized carbons (Fsp3) is 0.538. The standard InChI is InChI=1S/C13H18O2/c14-9-13(15)12-7-6-10-4-2-1-3-5-11(10)8-12/h6-8,13-15H,1-5,9H2. The fourth-order valence-corrected chi connectivity index (χ4v) is 2.24. The van der Waals surface area contributed by atoms with Crippen LogP contribution in [0.15, 0.2) is 18.2 Å². The number of rotatable bonds is 2. The van der Waals surface area contributed by atoms with Gasteiger partial charge in [0.1, 0.15) is 6.10 Å². The molecule has 0 heterocycles. The molecular formula is C13H18O2. The normalized spacial score (nSPS) is 18.0. The van der Waals surface area contributed by atoms with Crippen molar-refractivity contribution >= 4 is 0 Å². The van der Waals surface area contributed by atoms with Gasteiger partial charge in [-0.15, -0.1) is 0 Å². The van der Waals surface area contributed by atoms with Crippen molar-refractivity contribution in [1.82, 2.24) is 0 Å². The molecule has 0 saturated heterocycles. The molecule has 0 fully saturated rings. The molecule has 1 aliphatic carbocycles. The van der Waals surface area contributed by atoms with Gasteiger partial charge < -0.3 is 10.2 Å². The first-order chi connectivity index (χ1) is 7.31. The predicted octanol–water partition coefficient (Wildman–Crippen LogP) is 1.98. The Hall–Kier alpha value is -0.860. The molecule has 15 heavy (non-hydrogen) atoms. The Morgan fingerprint density at radius 1 is 1.07 bits per heavy atom. The Kier molecular flexibility index (Phi) is 3.39. The largest absolute Gasteiger partial charge is 0.393 e. The van der Waals surface area contributed by atoms with E-state index in [0.717, 1.165) is 18.4 Å². The summed E-state index contributed by atoms with van der Waals surface area (Å²) in [6, 6.07) is 6.10. The molecule has 0 bridgehead atoms. The van der Waals surface area contributed by atoms with Crippen LogP contribution in [0.5, 0.6) is 0 Å². The van der Waals surface area contributed by atoms with Crippen LogP contribution in [0, 0.1) is 0 Å². The molecule has 0 spiro atoms. The summed E-state index contributed by atoms with van der Waals surface area (Å²) >= 11 is 0. The Labute approximate surface area is 90.6 Å². The summed E-state index contributed by atoms with van der Waals surface area (Å²) in [5.74, 6) is 0. The van der Waals surface area contributed by atoms with E-state index in [1.54, 1.807) is 0 Å². The molecule has 1 unspecified atom stereocenters. The third-order valence-corrected chi connectivity index (χ3v) is 3.18. The zero-order valence-electron chi connectivity index (χ0n) is 8.95. The number of hydrogen-bond donors (Lipinski definition) is 2. The lowest BCUT2D eigenvalue weighted by molar-refractivity contribution is 0.0955. The zero-order valence-corrected chi connectivity index (χ0v) is 8.95. The van der Waals surface area contributed by atoms with Gasteiger partial charge in [0.05, 0.1) is 6.61 Å². The van der Waals surface area contributed by atoms with Gasteiger partial charge in [-0.2, -0.15) is 0 Å². The maximum atomic E-state index is 9.55. The summed E-state index contributed by atoms with van der Waals surface area (Å²) in [7, 11) is 0. The summed E-state index contributed by atoms with van der Waals surface area (Å²) in [6.45, 7) is -0.196. The number of benzene rings is 1. The average Bonchev–Trinajstić information content (AvgIpc) is 2.51. The van der Waals surface area contributed by atoms with Crippen LogP contribution in [0.1, 0.15) is 42.1 Å². The second kappa shape index (κ2) is 4.77. The molecule has 1 aromatic rings. The molecule has 82 valence electrons. The van der Waals surface area contributed by atoms with Crippen LogP contribution >= 0.6 is 0 Å². The SMILES string of the molecule is OCC(O)c1ccc2c(c1)CCCCC2. The summed E-state index contributed by atoms with van der Waals surface area (Å²) in [5, 5.41) is 18.4. The second-order valence-electron chi connectivity index (χ2n) is 4.29. The quantitative estimate of drug-likeness (QED) is 0.726. The molecule has 0 aromatic heterocycles. The number of aryl methyl sites for hydroxylation is 2. The third-order valence-electron chi connectivity index (χ3n) is 3.18. The van der Waals surface area contributed by atoms with Crippen LogP contribution in [-0.2, 0) is 12.8 Å². The van der Waals surface area contributed by atoms with Gasteiger partial charge in [0.15, 0.2) is 0 Å². The van der Waals surface area contributed by atoms with Crippen molar-refractivity contribution in [3.63, 3.8) is 0 Å². The highest BCUT2D eigenvalue weighted by Crippen LogP contribution is 2.24. The Bertz CT molecular complexity index is 333. The molecule has 0 amide bonds. The first-order valence-electron chi connectivity index (χ1n) is 5.72. The Morgan fingerprint density at radius 3 is 2.53 bits per heavy atom. The van der Waals surface area contributed by atoms with E-state index in [4.69, 9.17) is 5.11 Å². The van der Waals surface area contributed by atoms with Gasteiger partial charge in [0.25, 0.3) is 0 Å². The minimum atomic E-state index is -0.724. The van der Waals surface area contributed by atoms with E-state index in [9.17, 15) is 5.11 Å². The summed E-state index contributed by atoms with van der Waals surface area (Å²) in [6.07, 6.45) is 5.36. The molecule has 2 heteroatoms. The van der Waals surface area contributed by atoms with Crippen LogP contribution in [0.2, 0.25) is 0 Å². The lowest BCUT2D eigenvalue weighted by Gasteiger charge is -2.11. The topological polar surface area (TPSA) is 40.5 Å². The van der Waals surface area contributed by atoms with Crippen LogP contribution < -0.4 is 0 Å². The van der Waals surface area contributed by atoms with Crippen LogP contribution in [0.3, 0.4) is 0 Å². The minimum Gasteiger partial charge on any atom is -0.393 e. The van der Waals surface area contributed by atoms with E-state index >= 15 is 0 Å². The molecule has 2 rings (SSSR count). The van der Waals surface area contributed by atoms with Gasteiger partial charge in [-0.1, -0.05) is 24.6 Å². The Balaban J connectivity index is 2.27. The number of aliphatic hydroxyl groups excluding tert-OH is 2. The van der Waals surface area contributed by atoms with Crippen molar-refractivity contribution < 1.29 is 10.2 Å². The second-order valence-corrected chi connectivity index (χ2v) is 4.29. The van der Waals surface area contributed by atoms with Crippen LogP contribution in [0.4, 0.5) is 0 Å². The molecular weight excluding hydrogens is 188 g/mol. The summed E-state index contributed by atoms with van der Waals surface area (Å²) in [5.41, 5.74) is 3.62. The number of aliphatic hydroxyl groups is 2. The zero-order chi connectivity index (χ0) is 10.7. The molecule has 0 radical (unpaired) electrons. The molecule has 1 aliphatic rings. The van der Waals surface area contributed by atoms with Gasteiger partial charge in [-0.25, -0.2) is 0 Å². The van der Waals surface area contributed by atoms with Crippen molar-refractivity contribution in [2.24, 2.45) is 0 Å². The maximum Gasteiger partial charge on any atom is 0.102 e. The van der Waals surface area contributed by atoms with Crippen molar-refractivity contribution in [3.05, 3.63) is 34.9 Å². The van der Waals surface area contributed by atoms with Crippen LogP contribution in [-0.4, -0.2) is 16.8 Å². The van der Waals surface area contributed by atoms with E-state index in [0.29, 0.717) is 0 Å². The summed E-state index contributed by atoms with van der Waals surface area (Å²) in [4.78, 5) is 0. The summed E-state index contributed by atoms with van der Waals surface area (Å²) < 4.78 is 0. The van der Waals surface area contributed by atoms with E-state index in [-0.39, 0.29) is 6.61 Å². The molecule has 1 aromatic carbocycles. The van der Waals surface area contributed by atoms with E-state index < -0.39 is 6.10 Å². The van der Waals surface area contributed by atoms with E-state index in [1.165, 1.54) is 30.4 Å². The maximum absolute atomic E-state index is 9.55. The third kappa shape index (κ3) is 2.39. The lowest BCUT2D eigenvalue weighted by Crippen LogP contribution is -2.04. The Morgan fingerprint density at radius 2 is 1.80 bits per heavy atom. The van der Waals surface area contributed by atoms with Crippen molar-refractivity contribution in [2.75, 3.05) is 6.61 Å². The van der Waals surface area contributed by atoms with Gasteiger partial charge in [-0.3, -0.25) is 0 Å². The highest BCUT2D eigenvalue weighted by Gasteiger charge is 2.11.